The quantitative estimate of drug-likeness (QED) is 0.577. The summed E-state index contributed by atoms with van der Waals surface area (Å²) in [6.07, 6.45) is 6.79. The largest absolute Gasteiger partial charge is 0.476 e. The summed E-state index contributed by atoms with van der Waals surface area (Å²) in [7, 11) is -0.522. The fourth-order valence-corrected chi connectivity index (χ4v) is 3.44. The molecule has 0 unspecified atom stereocenters. The van der Waals surface area contributed by atoms with Crippen LogP contribution in [0.15, 0.2) is 29.0 Å². The van der Waals surface area contributed by atoms with Crippen LogP contribution in [-0.4, -0.2) is 53.3 Å². The normalized spacial score (nSPS) is 13.3. The maximum atomic E-state index is 12.6. The molecule has 3 rings (SSSR count). The summed E-state index contributed by atoms with van der Waals surface area (Å²) in [6, 6.07) is 3.36. The van der Waals surface area contributed by atoms with Gasteiger partial charge in [0.05, 0.1) is 23.0 Å². The second-order valence-electron chi connectivity index (χ2n) is 7.43. The number of carbonyl (C=O) groups is 2. The number of anilines is 1. The third-order valence-corrected chi connectivity index (χ3v) is 5.15. The number of aromatic nitrogens is 1. The molecular formula is C21H28BN3O5. The van der Waals surface area contributed by atoms with E-state index in [1.54, 1.807) is 19.0 Å². The molecule has 0 saturated carbocycles. The van der Waals surface area contributed by atoms with Crippen LogP contribution in [0.25, 0.3) is 0 Å². The molecule has 30 heavy (non-hydrogen) atoms. The number of furan rings is 1. The molecule has 0 fully saturated rings. The second-order valence-corrected chi connectivity index (χ2v) is 7.43. The van der Waals surface area contributed by atoms with Gasteiger partial charge in [0.2, 0.25) is 5.88 Å². The summed E-state index contributed by atoms with van der Waals surface area (Å²) in [4.78, 5) is 30.9. The first-order valence-corrected chi connectivity index (χ1v) is 10.5. The van der Waals surface area contributed by atoms with Gasteiger partial charge in [0.15, 0.2) is 5.78 Å². The van der Waals surface area contributed by atoms with Gasteiger partial charge in [-0.1, -0.05) is 13.3 Å². The number of carbonyl (C=O) groups excluding carboxylic acids is 2. The van der Waals surface area contributed by atoms with E-state index < -0.39 is 13.0 Å². The molecule has 0 spiro atoms. The summed E-state index contributed by atoms with van der Waals surface area (Å²) in [5.74, 6) is 0.574. The Bertz CT molecular complexity index is 866. The van der Waals surface area contributed by atoms with Crippen LogP contribution in [0.1, 0.15) is 59.1 Å². The highest BCUT2D eigenvalue weighted by atomic mass is 16.5. The number of hydrogen-bond acceptors (Lipinski definition) is 7. The summed E-state index contributed by atoms with van der Waals surface area (Å²) in [5, 5.41) is 12.6. The molecule has 0 aliphatic heterocycles. The molecule has 1 aliphatic rings. The minimum Gasteiger partial charge on any atom is -0.476 e. The number of ether oxygens (including phenoxy) is 1. The highest BCUT2D eigenvalue weighted by Gasteiger charge is 2.27. The minimum atomic E-state index is -0.522. The SMILES string of the molecule is CCCCN(CCOc1ccc(NC(=O)c2coc3c2C(=O)CCC3)cn1)B(C)O. The van der Waals surface area contributed by atoms with E-state index in [1.165, 1.54) is 12.5 Å². The predicted molar refractivity (Wildman–Crippen MR) is 114 cm³/mol. The Labute approximate surface area is 176 Å². The predicted octanol–water partition coefficient (Wildman–Crippen LogP) is 3.04. The number of nitrogens with zero attached hydrogens (tertiary/aromatic N) is 2. The van der Waals surface area contributed by atoms with Crippen LogP contribution in [-0.2, 0) is 6.42 Å². The summed E-state index contributed by atoms with van der Waals surface area (Å²) >= 11 is 0. The van der Waals surface area contributed by atoms with E-state index in [9.17, 15) is 14.6 Å². The highest BCUT2D eigenvalue weighted by molar-refractivity contribution is 6.45. The lowest BCUT2D eigenvalue weighted by Gasteiger charge is -2.22. The molecule has 160 valence electrons. The van der Waals surface area contributed by atoms with E-state index in [-0.39, 0.29) is 11.3 Å². The number of Topliss-reactive ketones (excluding diaryl/α,β-unsaturated/α-hetero) is 1. The van der Waals surface area contributed by atoms with E-state index in [1.807, 2.05) is 4.81 Å². The zero-order chi connectivity index (χ0) is 21.5. The zero-order valence-electron chi connectivity index (χ0n) is 17.5. The fraction of sp³-hybridized carbons (Fsp3) is 0.476. The van der Waals surface area contributed by atoms with Crippen molar-refractivity contribution in [2.45, 2.75) is 45.9 Å². The molecule has 1 amide bonds. The van der Waals surface area contributed by atoms with Crippen LogP contribution in [0.4, 0.5) is 5.69 Å². The average molecular weight is 413 g/mol. The van der Waals surface area contributed by atoms with Gasteiger partial charge in [-0.2, -0.15) is 0 Å². The number of hydrogen-bond donors (Lipinski definition) is 2. The van der Waals surface area contributed by atoms with Gasteiger partial charge < -0.3 is 24.3 Å². The van der Waals surface area contributed by atoms with Gasteiger partial charge in [-0.25, -0.2) is 4.98 Å². The molecule has 0 saturated heterocycles. The molecule has 0 atom stereocenters. The molecule has 0 bridgehead atoms. The molecule has 2 aromatic rings. The molecule has 1 aliphatic carbocycles. The van der Waals surface area contributed by atoms with Crippen LogP contribution in [0.3, 0.4) is 0 Å². The van der Waals surface area contributed by atoms with E-state index >= 15 is 0 Å². The van der Waals surface area contributed by atoms with Gasteiger partial charge in [0.1, 0.15) is 18.6 Å². The third kappa shape index (κ3) is 5.49. The number of nitrogens with one attached hydrogen (secondary N) is 1. The molecule has 2 aromatic heterocycles. The molecule has 2 N–H and O–H groups in total. The highest BCUT2D eigenvalue weighted by Crippen LogP contribution is 2.27. The molecule has 2 heterocycles. The first kappa shape index (κ1) is 22.0. The van der Waals surface area contributed by atoms with Crippen molar-refractivity contribution in [1.29, 1.82) is 0 Å². The van der Waals surface area contributed by atoms with Gasteiger partial charge in [0, 0.05) is 25.5 Å². The monoisotopic (exact) mass is 413 g/mol. The van der Waals surface area contributed by atoms with Gasteiger partial charge in [0.25, 0.3) is 5.91 Å². The fourth-order valence-electron chi connectivity index (χ4n) is 3.44. The van der Waals surface area contributed by atoms with Crippen LogP contribution in [0.5, 0.6) is 5.88 Å². The van der Waals surface area contributed by atoms with Gasteiger partial charge >= 0.3 is 7.05 Å². The van der Waals surface area contributed by atoms with E-state index in [0.717, 1.165) is 25.8 Å². The molecule has 0 aromatic carbocycles. The van der Waals surface area contributed by atoms with Crippen LogP contribution < -0.4 is 10.1 Å². The Morgan fingerprint density at radius 2 is 2.20 bits per heavy atom. The Hall–Kier alpha value is -2.65. The summed E-state index contributed by atoms with van der Waals surface area (Å²) in [6.45, 7) is 5.67. The van der Waals surface area contributed by atoms with Crippen LogP contribution in [0, 0.1) is 0 Å². The number of aryl methyl sites for hydroxylation is 1. The van der Waals surface area contributed by atoms with Crippen molar-refractivity contribution in [3.63, 3.8) is 0 Å². The number of rotatable bonds is 10. The van der Waals surface area contributed by atoms with E-state index in [2.05, 4.69) is 17.2 Å². The maximum absolute atomic E-state index is 12.6. The zero-order valence-corrected chi connectivity index (χ0v) is 17.5. The standard InChI is InChI=1S/C21H28BN3O5/c1-3-4-10-25(22(2)28)11-12-29-19-9-8-15(13-23-19)24-21(27)16-14-30-18-7-5-6-17(26)20(16)18/h8-9,13-14,28H,3-7,10-12H2,1-2H3,(H,24,27). The smallest absolute Gasteiger partial charge is 0.376 e. The first-order chi connectivity index (χ1) is 14.5. The summed E-state index contributed by atoms with van der Waals surface area (Å²) < 4.78 is 11.1. The van der Waals surface area contributed by atoms with Crippen molar-refractivity contribution in [3.8, 4) is 5.88 Å². The van der Waals surface area contributed by atoms with Gasteiger partial charge in [-0.15, -0.1) is 0 Å². The maximum Gasteiger partial charge on any atom is 0.376 e. The van der Waals surface area contributed by atoms with Crippen molar-refractivity contribution < 1.29 is 23.8 Å². The Balaban J connectivity index is 1.53. The Morgan fingerprint density at radius 1 is 1.37 bits per heavy atom. The second kappa shape index (κ2) is 10.4. The lowest BCUT2D eigenvalue weighted by molar-refractivity contribution is 0.0955. The Kier molecular flexibility index (Phi) is 7.65. The average Bonchev–Trinajstić information content (AvgIpc) is 3.17. The van der Waals surface area contributed by atoms with Gasteiger partial charge in [-0.05, 0) is 32.3 Å². The number of unbranched alkanes of at least 4 members (excludes halogenated alkanes) is 1. The number of ketones is 1. The van der Waals surface area contributed by atoms with Crippen molar-refractivity contribution in [3.05, 3.63) is 41.5 Å². The van der Waals surface area contributed by atoms with Gasteiger partial charge in [-0.3, -0.25) is 9.59 Å². The first-order valence-electron chi connectivity index (χ1n) is 10.5. The molecule has 9 heteroatoms. The molecule has 8 nitrogen and oxygen atoms in total. The van der Waals surface area contributed by atoms with Crippen LogP contribution >= 0.6 is 0 Å². The minimum absolute atomic E-state index is 0.0535. The van der Waals surface area contributed by atoms with Crippen molar-refractivity contribution in [2.75, 3.05) is 25.0 Å². The van der Waals surface area contributed by atoms with Crippen molar-refractivity contribution in [2.24, 2.45) is 0 Å². The third-order valence-electron chi connectivity index (χ3n) is 5.15. The molecule has 0 radical (unpaired) electrons. The lowest BCUT2D eigenvalue weighted by atomic mass is 9.84. The molecular weight excluding hydrogens is 385 g/mol. The number of amides is 1. The Morgan fingerprint density at radius 3 is 2.90 bits per heavy atom. The van der Waals surface area contributed by atoms with Crippen molar-refractivity contribution in [1.82, 2.24) is 9.79 Å². The van der Waals surface area contributed by atoms with Crippen LogP contribution in [0.2, 0.25) is 6.82 Å². The lowest BCUT2D eigenvalue weighted by Crippen LogP contribution is -2.40. The summed E-state index contributed by atoms with van der Waals surface area (Å²) in [5.41, 5.74) is 1.16. The topological polar surface area (TPSA) is 105 Å². The van der Waals surface area contributed by atoms with Crippen molar-refractivity contribution >= 4 is 24.4 Å². The van der Waals surface area contributed by atoms with E-state index in [4.69, 9.17) is 9.15 Å². The van der Waals surface area contributed by atoms with E-state index in [0.29, 0.717) is 48.9 Å². The number of fused-ring (bicyclic) bond motifs is 1. The number of pyridine rings is 1.